The third kappa shape index (κ3) is 3.88. The van der Waals surface area contributed by atoms with Crippen LogP contribution in [-0.4, -0.2) is 36.6 Å². The first-order chi connectivity index (χ1) is 14.4. The van der Waals surface area contributed by atoms with E-state index in [-0.39, 0.29) is 17.5 Å². The Morgan fingerprint density at radius 2 is 1.47 bits per heavy atom. The van der Waals surface area contributed by atoms with Crippen molar-refractivity contribution in [3.05, 3.63) is 71.8 Å². The Morgan fingerprint density at radius 3 is 1.90 bits per heavy atom. The molecule has 0 saturated carbocycles. The zero-order chi connectivity index (χ0) is 21.8. The van der Waals surface area contributed by atoms with E-state index in [4.69, 9.17) is 0 Å². The standard InChI is InChI=1S/C26H37NO2Si/c1-5-30(6-2,7-3)21(4)25(28)27-20-14-19-24(27)26(29,22-15-10-8-11-16-22)23-17-12-9-13-18-23/h8-13,15-18,21,24,29H,5-7,14,19-20H2,1-4H3/t21-,24-/m0/s1. The van der Waals surface area contributed by atoms with E-state index < -0.39 is 13.7 Å². The number of amides is 1. The van der Waals surface area contributed by atoms with Crippen LogP contribution in [0.5, 0.6) is 0 Å². The van der Waals surface area contributed by atoms with Gasteiger partial charge in [-0.15, -0.1) is 0 Å². The molecule has 30 heavy (non-hydrogen) atoms. The van der Waals surface area contributed by atoms with Gasteiger partial charge in [-0.25, -0.2) is 0 Å². The molecule has 162 valence electrons. The number of benzene rings is 2. The smallest absolute Gasteiger partial charge is 0.223 e. The normalized spacial score (nSPS) is 18.4. The average Bonchev–Trinajstić information content (AvgIpc) is 3.31. The Balaban J connectivity index is 2.03. The molecule has 1 fully saturated rings. The highest BCUT2D eigenvalue weighted by molar-refractivity contribution is 6.83. The second-order valence-corrected chi connectivity index (χ2v) is 14.5. The molecule has 4 heteroatoms. The highest BCUT2D eigenvalue weighted by Gasteiger charge is 2.49. The van der Waals surface area contributed by atoms with Gasteiger partial charge in [0.2, 0.25) is 5.91 Å². The molecule has 1 aliphatic heterocycles. The Bertz CT molecular complexity index is 772. The molecule has 0 radical (unpaired) electrons. The summed E-state index contributed by atoms with van der Waals surface area (Å²) in [7, 11) is -1.67. The fourth-order valence-electron chi connectivity index (χ4n) is 5.58. The van der Waals surface area contributed by atoms with Crippen molar-refractivity contribution in [2.45, 2.75) is 75.9 Å². The molecule has 0 aliphatic carbocycles. The van der Waals surface area contributed by atoms with Crippen LogP contribution in [0.3, 0.4) is 0 Å². The number of carbonyl (C=O) groups excluding carboxylic acids is 1. The maximum absolute atomic E-state index is 13.8. The second-order valence-electron chi connectivity index (χ2n) is 8.83. The Hall–Kier alpha value is -1.91. The van der Waals surface area contributed by atoms with Crippen molar-refractivity contribution in [2.75, 3.05) is 6.54 Å². The van der Waals surface area contributed by atoms with Crippen molar-refractivity contribution in [3.63, 3.8) is 0 Å². The van der Waals surface area contributed by atoms with E-state index >= 15 is 0 Å². The molecule has 0 aromatic heterocycles. The number of carbonyl (C=O) groups is 1. The summed E-state index contributed by atoms with van der Waals surface area (Å²) in [6.45, 7) is 9.67. The topological polar surface area (TPSA) is 40.5 Å². The van der Waals surface area contributed by atoms with Crippen LogP contribution in [-0.2, 0) is 10.4 Å². The van der Waals surface area contributed by atoms with Gasteiger partial charge in [-0.2, -0.15) is 0 Å². The quantitative estimate of drug-likeness (QED) is 0.544. The van der Waals surface area contributed by atoms with Crippen LogP contribution in [0.15, 0.2) is 60.7 Å². The van der Waals surface area contributed by atoms with Crippen LogP contribution >= 0.6 is 0 Å². The number of hydrogen-bond donors (Lipinski definition) is 1. The van der Waals surface area contributed by atoms with Gasteiger partial charge in [0.15, 0.2) is 0 Å². The van der Waals surface area contributed by atoms with Gasteiger partial charge in [-0.3, -0.25) is 4.79 Å². The molecule has 0 unspecified atom stereocenters. The lowest BCUT2D eigenvalue weighted by Gasteiger charge is -2.43. The van der Waals surface area contributed by atoms with Gasteiger partial charge in [-0.05, 0) is 24.0 Å². The molecule has 1 amide bonds. The van der Waals surface area contributed by atoms with Gasteiger partial charge in [0.05, 0.1) is 14.1 Å². The number of hydrogen-bond acceptors (Lipinski definition) is 2. The largest absolute Gasteiger partial charge is 0.378 e. The van der Waals surface area contributed by atoms with E-state index in [1.807, 2.05) is 65.6 Å². The number of likely N-dealkylation sites (tertiary alicyclic amines) is 1. The third-order valence-electron chi connectivity index (χ3n) is 7.85. The Kier molecular flexibility index (Phi) is 7.20. The van der Waals surface area contributed by atoms with Crippen LogP contribution in [0, 0.1) is 0 Å². The maximum atomic E-state index is 13.8. The summed E-state index contributed by atoms with van der Waals surface area (Å²) in [5.74, 6) is 0.250. The molecule has 2 aromatic carbocycles. The van der Waals surface area contributed by atoms with Crippen molar-refractivity contribution in [1.29, 1.82) is 0 Å². The summed E-state index contributed by atoms with van der Waals surface area (Å²) in [5.41, 5.74) is 0.592. The molecule has 1 N–H and O–H groups in total. The van der Waals surface area contributed by atoms with E-state index in [2.05, 4.69) is 27.7 Å². The molecule has 2 atom stereocenters. The van der Waals surface area contributed by atoms with Crippen LogP contribution in [0.4, 0.5) is 0 Å². The first-order valence-electron chi connectivity index (χ1n) is 11.6. The lowest BCUT2D eigenvalue weighted by atomic mass is 9.79. The summed E-state index contributed by atoms with van der Waals surface area (Å²) in [6.07, 6.45) is 1.75. The molecule has 0 bridgehead atoms. The third-order valence-corrected chi connectivity index (χ3v) is 14.2. The molecule has 0 spiro atoms. The minimum absolute atomic E-state index is 0.0777. The van der Waals surface area contributed by atoms with Crippen LogP contribution in [0.1, 0.15) is 51.7 Å². The fourth-order valence-corrected chi connectivity index (χ4v) is 9.61. The van der Waals surface area contributed by atoms with Crippen molar-refractivity contribution in [2.24, 2.45) is 0 Å². The summed E-state index contributed by atoms with van der Waals surface area (Å²) >= 11 is 0. The van der Waals surface area contributed by atoms with Gasteiger partial charge in [0.1, 0.15) is 5.60 Å². The Morgan fingerprint density at radius 1 is 1.00 bits per heavy atom. The average molecular weight is 424 g/mol. The monoisotopic (exact) mass is 423 g/mol. The zero-order valence-electron chi connectivity index (χ0n) is 19.0. The summed E-state index contributed by atoms with van der Waals surface area (Å²) in [4.78, 5) is 15.9. The predicted octanol–water partition coefficient (Wildman–Crippen LogP) is 5.81. The molecular formula is C26H37NO2Si. The SMILES string of the molecule is CC[Si](CC)(CC)[C@@H](C)C(=O)N1CCC[C@H]1C(O)(c1ccccc1)c1ccccc1. The van der Waals surface area contributed by atoms with E-state index in [1.165, 1.54) is 0 Å². The van der Waals surface area contributed by atoms with E-state index in [0.29, 0.717) is 0 Å². The van der Waals surface area contributed by atoms with Gasteiger partial charge in [0, 0.05) is 12.1 Å². The summed E-state index contributed by atoms with van der Waals surface area (Å²) in [5, 5.41) is 12.2. The van der Waals surface area contributed by atoms with Gasteiger partial charge >= 0.3 is 0 Å². The van der Waals surface area contributed by atoms with Crippen molar-refractivity contribution in [3.8, 4) is 0 Å². The highest BCUT2D eigenvalue weighted by atomic mass is 28.3. The molecule has 1 saturated heterocycles. The molecule has 3 rings (SSSR count). The van der Waals surface area contributed by atoms with Crippen LogP contribution in [0.25, 0.3) is 0 Å². The highest BCUT2D eigenvalue weighted by Crippen LogP contribution is 2.43. The summed E-state index contributed by atoms with van der Waals surface area (Å²) < 4.78 is 0. The van der Waals surface area contributed by atoms with Gasteiger partial charge in [-0.1, -0.05) is 106 Å². The van der Waals surface area contributed by atoms with E-state index in [0.717, 1.165) is 48.6 Å². The van der Waals surface area contributed by atoms with E-state index in [1.54, 1.807) is 0 Å². The predicted molar refractivity (Wildman–Crippen MR) is 127 cm³/mol. The van der Waals surface area contributed by atoms with Crippen molar-refractivity contribution in [1.82, 2.24) is 4.90 Å². The molecule has 2 aromatic rings. The summed E-state index contributed by atoms with van der Waals surface area (Å²) in [6, 6.07) is 22.9. The zero-order valence-corrected chi connectivity index (χ0v) is 20.0. The lowest BCUT2D eigenvalue weighted by molar-refractivity contribution is -0.136. The second kappa shape index (κ2) is 9.48. The van der Waals surface area contributed by atoms with Gasteiger partial charge < -0.3 is 10.0 Å². The maximum Gasteiger partial charge on any atom is 0.223 e. The minimum Gasteiger partial charge on any atom is -0.378 e. The van der Waals surface area contributed by atoms with Gasteiger partial charge in [0.25, 0.3) is 0 Å². The van der Waals surface area contributed by atoms with Crippen molar-refractivity contribution >= 4 is 14.0 Å². The van der Waals surface area contributed by atoms with Crippen LogP contribution in [0.2, 0.25) is 23.7 Å². The minimum atomic E-state index is -1.67. The van der Waals surface area contributed by atoms with E-state index in [9.17, 15) is 9.90 Å². The lowest BCUT2D eigenvalue weighted by Crippen LogP contribution is -2.54. The molecule has 3 nitrogen and oxygen atoms in total. The first kappa shape index (κ1) is 22.8. The number of nitrogens with zero attached hydrogens (tertiary/aromatic N) is 1. The first-order valence-corrected chi connectivity index (χ1v) is 14.3. The molecule has 1 aliphatic rings. The Labute approximate surface area is 183 Å². The fraction of sp³-hybridized carbons (Fsp3) is 0.500. The van der Waals surface area contributed by atoms with Crippen molar-refractivity contribution < 1.29 is 9.90 Å². The number of rotatable bonds is 8. The molecular weight excluding hydrogens is 386 g/mol. The van der Waals surface area contributed by atoms with Crippen LogP contribution < -0.4 is 0 Å². The number of aliphatic hydroxyl groups is 1. The molecule has 1 heterocycles.